The molecule has 0 aliphatic carbocycles. The van der Waals surface area contributed by atoms with Gasteiger partial charge in [0.15, 0.2) is 6.04 Å². The van der Waals surface area contributed by atoms with Crippen LogP contribution in [0.15, 0.2) is 58.4 Å². The average molecular weight is 475 g/mol. The first-order valence-corrected chi connectivity index (χ1v) is 10.4. The second-order valence-corrected chi connectivity index (χ2v) is 8.13. The van der Waals surface area contributed by atoms with Gasteiger partial charge in [-0.3, -0.25) is 4.79 Å². The van der Waals surface area contributed by atoms with Gasteiger partial charge in [0.05, 0.1) is 17.8 Å². The lowest BCUT2D eigenvalue weighted by Gasteiger charge is -2.17. The number of nitrogens with one attached hydrogen (secondary N) is 1. The molecule has 0 aliphatic heterocycles. The summed E-state index contributed by atoms with van der Waals surface area (Å²) in [6, 6.07) is 12.9. The summed E-state index contributed by atoms with van der Waals surface area (Å²) in [4.78, 5) is 29.1. The third-order valence-corrected chi connectivity index (χ3v) is 5.44. The van der Waals surface area contributed by atoms with Crippen LogP contribution in [-0.2, 0) is 16.1 Å². The van der Waals surface area contributed by atoms with Crippen LogP contribution in [0.3, 0.4) is 0 Å². The number of aryl methyl sites for hydroxylation is 1. The minimum Gasteiger partial charge on any atom is -0.487 e. The predicted molar refractivity (Wildman–Crippen MR) is 114 cm³/mol. The number of benzene rings is 2. The maximum atomic E-state index is 12.6. The van der Waals surface area contributed by atoms with Gasteiger partial charge in [0.25, 0.3) is 5.91 Å². The molecule has 0 bridgehead atoms. The fourth-order valence-electron chi connectivity index (χ4n) is 2.60. The molecule has 1 heterocycles. The summed E-state index contributed by atoms with van der Waals surface area (Å²) in [6.07, 6.45) is 0. The molecule has 0 saturated carbocycles. The lowest BCUT2D eigenvalue weighted by atomic mass is 10.1. The minimum absolute atomic E-state index is 0.365. The zero-order chi connectivity index (χ0) is 20.8. The third-order valence-electron chi connectivity index (χ3n) is 4.09. The summed E-state index contributed by atoms with van der Waals surface area (Å²) in [5.74, 6) is -0.297. The Hall–Kier alpha value is -2.71. The van der Waals surface area contributed by atoms with E-state index in [1.54, 1.807) is 59.9 Å². The highest BCUT2D eigenvalue weighted by Crippen LogP contribution is 2.20. The van der Waals surface area contributed by atoms with Crippen LogP contribution in [0.5, 0.6) is 5.75 Å². The van der Waals surface area contributed by atoms with Crippen LogP contribution in [-0.4, -0.2) is 24.0 Å². The standard InChI is InChI=1S/C21H19BrN2O4S/c1-13-23-17(12-29-13)11-28-18-9-5-15(6-10-18)20(25)24-19(21(26)27-2)14-3-7-16(22)8-4-14/h3-10,12,19H,11H2,1-2H3,(H,24,25). The first kappa shape index (κ1) is 21.0. The van der Waals surface area contributed by atoms with E-state index in [1.165, 1.54) is 7.11 Å². The molecule has 2 aromatic carbocycles. The number of hydrogen-bond acceptors (Lipinski definition) is 6. The zero-order valence-corrected chi connectivity index (χ0v) is 18.2. The Balaban J connectivity index is 1.66. The quantitative estimate of drug-likeness (QED) is 0.512. The topological polar surface area (TPSA) is 77.5 Å². The molecule has 3 aromatic rings. The number of nitrogens with zero attached hydrogens (tertiary/aromatic N) is 1. The largest absolute Gasteiger partial charge is 0.487 e. The average Bonchev–Trinajstić information content (AvgIpc) is 3.16. The SMILES string of the molecule is COC(=O)C(NC(=O)c1ccc(OCc2csc(C)n2)cc1)c1ccc(Br)cc1. The van der Waals surface area contributed by atoms with Crippen molar-refractivity contribution in [1.82, 2.24) is 10.3 Å². The molecule has 6 nitrogen and oxygen atoms in total. The van der Waals surface area contributed by atoms with Gasteiger partial charge in [-0.2, -0.15) is 0 Å². The van der Waals surface area contributed by atoms with E-state index in [0.717, 1.165) is 15.2 Å². The van der Waals surface area contributed by atoms with Gasteiger partial charge in [0.2, 0.25) is 0 Å². The number of amides is 1. The van der Waals surface area contributed by atoms with Crippen molar-refractivity contribution in [3.63, 3.8) is 0 Å². The highest BCUT2D eigenvalue weighted by Gasteiger charge is 2.24. The molecule has 1 N–H and O–H groups in total. The van der Waals surface area contributed by atoms with E-state index >= 15 is 0 Å². The lowest BCUT2D eigenvalue weighted by Crippen LogP contribution is -2.34. The highest BCUT2D eigenvalue weighted by molar-refractivity contribution is 9.10. The molecule has 29 heavy (non-hydrogen) atoms. The maximum Gasteiger partial charge on any atom is 0.333 e. The van der Waals surface area contributed by atoms with E-state index < -0.39 is 12.0 Å². The number of rotatable bonds is 7. The Morgan fingerprint density at radius 3 is 2.41 bits per heavy atom. The lowest BCUT2D eigenvalue weighted by molar-refractivity contribution is -0.143. The van der Waals surface area contributed by atoms with Gasteiger partial charge in [0, 0.05) is 15.4 Å². The first-order valence-electron chi connectivity index (χ1n) is 8.74. The molecule has 150 valence electrons. The normalized spacial score (nSPS) is 11.6. The predicted octanol–water partition coefficient (Wildman–Crippen LogP) is 4.44. The second-order valence-electron chi connectivity index (χ2n) is 6.15. The molecule has 1 unspecified atom stereocenters. The van der Waals surface area contributed by atoms with Gasteiger partial charge >= 0.3 is 5.97 Å². The summed E-state index contributed by atoms with van der Waals surface area (Å²) in [6.45, 7) is 2.31. The maximum absolute atomic E-state index is 12.6. The molecule has 1 aromatic heterocycles. The Morgan fingerprint density at radius 2 is 1.83 bits per heavy atom. The van der Waals surface area contributed by atoms with Crippen LogP contribution < -0.4 is 10.1 Å². The summed E-state index contributed by atoms with van der Waals surface area (Å²) in [5.41, 5.74) is 1.91. The van der Waals surface area contributed by atoms with Crippen molar-refractivity contribution in [3.8, 4) is 5.75 Å². The molecule has 0 spiro atoms. The molecule has 0 radical (unpaired) electrons. The molecular formula is C21H19BrN2O4S. The van der Waals surface area contributed by atoms with Crippen molar-refractivity contribution in [2.45, 2.75) is 19.6 Å². The van der Waals surface area contributed by atoms with E-state index in [9.17, 15) is 9.59 Å². The van der Waals surface area contributed by atoms with Crippen molar-refractivity contribution in [1.29, 1.82) is 0 Å². The van der Waals surface area contributed by atoms with Gasteiger partial charge in [-0.1, -0.05) is 28.1 Å². The van der Waals surface area contributed by atoms with Gasteiger partial charge in [-0.25, -0.2) is 9.78 Å². The van der Waals surface area contributed by atoms with Crippen LogP contribution in [0.25, 0.3) is 0 Å². The van der Waals surface area contributed by atoms with Crippen LogP contribution in [0.2, 0.25) is 0 Å². The van der Waals surface area contributed by atoms with Gasteiger partial charge in [0.1, 0.15) is 12.4 Å². The second kappa shape index (κ2) is 9.67. The molecule has 0 aliphatic rings. The van der Waals surface area contributed by atoms with Crippen LogP contribution in [0, 0.1) is 6.92 Å². The molecule has 0 saturated heterocycles. The first-order chi connectivity index (χ1) is 14.0. The summed E-state index contributed by atoms with van der Waals surface area (Å²) in [7, 11) is 1.29. The van der Waals surface area contributed by atoms with E-state index in [2.05, 4.69) is 26.2 Å². The summed E-state index contributed by atoms with van der Waals surface area (Å²) in [5, 5.41) is 5.66. The molecule has 0 fully saturated rings. The number of aromatic nitrogens is 1. The Bertz CT molecular complexity index is 987. The van der Waals surface area contributed by atoms with Crippen molar-refractivity contribution >= 4 is 39.1 Å². The van der Waals surface area contributed by atoms with Crippen LogP contribution >= 0.6 is 27.3 Å². The molecule has 3 rings (SSSR count). The summed E-state index contributed by atoms with van der Waals surface area (Å²) >= 11 is 4.92. The van der Waals surface area contributed by atoms with E-state index in [1.807, 2.05) is 12.3 Å². The van der Waals surface area contributed by atoms with Crippen molar-refractivity contribution in [2.24, 2.45) is 0 Å². The summed E-state index contributed by atoms with van der Waals surface area (Å²) < 4.78 is 11.4. The number of carbonyl (C=O) groups excluding carboxylic acids is 2. The van der Waals surface area contributed by atoms with E-state index in [0.29, 0.717) is 23.5 Å². The number of carbonyl (C=O) groups is 2. The van der Waals surface area contributed by atoms with Crippen molar-refractivity contribution < 1.29 is 19.1 Å². The minimum atomic E-state index is -0.899. The molecular weight excluding hydrogens is 456 g/mol. The van der Waals surface area contributed by atoms with Crippen LogP contribution in [0.4, 0.5) is 0 Å². The fraction of sp³-hybridized carbons (Fsp3) is 0.190. The molecule has 1 amide bonds. The number of halogens is 1. The van der Waals surface area contributed by atoms with Gasteiger partial charge in [-0.05, 0) is 48.9 Å². The smallest absolute Gasteiger partial charge is 0.333 e. The molecule has 1 atom stereocenters. The number of thiazole rings is 1. The number of esters is 1. The van der Waals surface area contributed by atoms with Gasteiger partial charge in [-0.15, -0.1) is 11.3 Å². The van der Waals surface area contributed by atoms with Crippen molar-refractivity contribution in [3.05, 3.63) is 80.2 Å². The third kappa shape index (κ3) is 5.65. The Morgan fingerprint density at radius 1 is 1.14 bits per heavy atom. The number of hydrogen-bond donors (Lipinski definition) is 1. The molecule has 8 heteroatoms. The number of ether oxygens (including phenoxy) is 2. The Labute approximate surface area is 181 Å². The van der Waals surface area contributed by atoms with Crippen LogP contribution in [0.1, 0.15) is 32.7 Å². The fourth-order valence-corrected chi connectivity index (χ4v) is 3.46. The van der Waals surface area contributed by atoms with Crippen molar-refractivity contribution in [2.75, 3.05) is 7.11 Å². The van der Waals surface area contributed by atoms with Gasteiger partial charge < -0.3 is 14.8 Å². The zero-order valence-electron chi connectivity index (χ0n) is 15.8. The Kier molecular flexibility index (Phi) is 7.00. The van der Waals surface area contributed by atoms with E-state index in [-0.39, 0.29) is 5.91 Å². The highest BCUT2D eigenvalue weighted by atomic mass is 79.9. The monoisotopic (exact) mass is 474 g/mol. The van der Waals surface area contributed by atoms with E-state index in [4.69, 9.17) is 9.47 Å². The number of methoxy groups -OCH3 is 1.